The molecule has 2 rings (SSSR count). The van der Waals surface area contributed by atoms with Crippen LogP contribution in [0.15, 0.2) is 24.3 Å². The van der Waals surface area contributed by atoms with Crippen molar-refractivity contribution in [1.82, 2.24) is 10.2 Å². The normalized spacial score (nSPS) is 20.0. The molecule has 0 aromatic heterocycles. The van der Waals surface area contributed by atoms with Crippen LogP contribution in [0.25, 0.3) is 0 Å². The van der Waals surface area contributed by atoms with Crippen molar-refractivity contribution >= 4 is 5.91 Å². The van der Waals surface area contributed by atoms with Crippen LogP contribution in [0, 0.1) is 5.82 Å². The molecule has 4 nitrogen and oxygen atoms in total. The van der Waals surface area contributed by atoms with Gasteiger partial charge in [-0.2, -0.15) is 0 Å². The molecule has 110 valence electrons. The lowest BCUT2D eigenvalue weighted by molar-refractivity contribution is -0.144. The van der Waals surface area contributed by atoms with E-state index in [1.54, 1.807) is 24.1 Å². The van der Waals surface area contributed by atoms with Crippen molar-refractivity contribution in [3.8, 4) is 0 Å². The van der Waals surface area contributed by atoms with Gasteiger partial charge in [-0.25, -0.2) is 4.39 Å². The van der Waals surface area contributed by atoms with Crippen LogP contribution in [0.1, 0.15) is 25.5 Å². The Morgan fingerprint density at radius 3 is 2.65 bits per heavy atom. The molecular weight excluding hydrogens is 259 g/mol. The molecule has 1 aromatic rings. The number of likely N-dealkylation sites (N-methyl/N-ethyl adjacent to an activating group) is 1. The van der Waals surface area contributed by atoms with Gasteiger partial charge in [0.15, 0.2) is 0 Å². The maximum Gasteiger partial charge on any atom is 0.242 e. The van der Waals surface area contributed by atoms with E-state index in [1.807, 2.05) is 13.8 Å². The fourth-order valence-electron chi connectivity index (χ4n) is 2.22. The first-order chi connectivity index (χ1) is 9.44. The highest BCUT2D eigenvalue weighted by Gasteiger charge is 2.33. The minimum absolute atomic E-state index is 0.0513. The molecule has 1 atom stereocenters. The second kappa shape index (κ2) is 5.89. The van der Waals surface area contributed by atoms with Crippen LogP contribution < -0.4 is 5.32 Å². The smallest absolute Gasteiger partial charge is 0.242 e. The zero-order valence-electron chi connectivity index (χ0n) is 12.1. The number of benzene rings is 1. The SMILES string of the molecule is CNC(C)(C)C(=O)N1CCOC(c2ccc(F)cc2)C1. The molecular formula is C15H21FN2O2. The molecule has 1 fully saturated rings. The van der Waals surface area contributed by atoms with E-state index >= 15 is 0 Å². The van der Waals surface area contributed by atoms with Crippen molar-refractivity contribution in [3.05, 3.63) is 35.6 Å². The quantitative estimate of drug-likeness (QED) is 0.916. The average molecular weight is 280 g/mol. The molecule has 1 amide bonds. The Hall–Kier alpha value is -1.46. The summed E-state index contributed by atoms with van der Waals surface area (Å²) in [5, 5.41) is 3.02. The standard InChI is InChI=1S/C15H21FN2O2/c1-15(2,17-3)14(19)18-8-9-20-13(10-18)11-4-6-12(16)7-5-11/h4-7,13,17H,8-10H2,1-3H3. The van der Waals surface area contributed by atoms with Crippen molar-refractivity contribution in [3.63, 3.8) is 0 Å². The number of nitrogens with zero attached hydrogens (tertiary/aromatic N) is 1. The Morgan fingerprint density at radius 2 is 2.05 bits per heavy atom. The van der Waals surface area contributed by atoms with Crippen molar-refractivity contribution in [2.45, 2.75) is 25.5 Å². The number of ether oxygens (including phenoxy) is 1. The van der Waals surface area contributed by atoms with Gasteiger partial charge in [-0.15, -0.1) is 0 Å². The fraction of sp³-hybridized carbons (Fsp3) is 0.533. The van der Waals surface area contributed by atoms with Crippen molar-refractivity contribution in [2.75, 3.05) is 26.7 Å². The number of carbonyl (C=O) groups excluding carboxylic acids is 1. The van der Waals surface area contributed by atoms with Crippen LogP contribution >= 0.6 is 0 Å². The number of carbonyl (C=O) groups is 1. The van der Waals surface area contributed by atoms with E-state index in [0.29, 0.717) is 19.7 Å². The summed E-state index contributed by atoms with van der Waals surface area (Å²) in [6.07, 6.45) is -0.194. The van der Waals surface area contributed by atoms with E-state index < -0.39 is 5.54 Å². The number of amides is 1. The molecule has 1 unspecified atom stereocenters. The van der Waals surface area contributed by atoms with E-state index in [-0.39, 0.29) is 17.8 Å². The molecule has 1 heterocycles. The molecule has 0 radical (unpaired) electrons. The lowest BCUT2D eigenvalue weighted by Crippen LogP contribution is -2.55. The van der Waals surface area contributed by atoms with Gasteiger partial charge in [-0.3, -0.25) is 4.79 Å². The third kappa shape index (κ3) is 3.16. The first-order valence-electron chi connectivity index (χ1n) is 6.79. The summed E-state index contributed by atoms with van der Waals surface area (Å²) in [6, 6.07) is 6.24. The van der Waals surface area contributed by atoms with Gasteiger partial charge in [0.1, 0.15) is 11.9 Å². The zero-order valence-corrected chi connectivity index (χ0v) is 12.1. The number of halogens is 1. The molecule has 1 aliphatic heterocycles. The third-order valence-electron chi connectivity index (χ3n) is 3.76. The average Bonchev–Trinajstić information content (AvgIpc) is 2.47. The Morgan fingerprint density at radius 1 is 1.40 bits per heavy atom. The number of morpholine rings is 1. The largest absolute Gasteiger partial charge is 0.370 e. The van der Waals surface area contributed by atoms with Gasteiger partial charge < -0.3 is 15.0 Å². The highest BCUT2D eigenvalue weighted by Crippen LogP contribution is 2.24. The summed E-state index contributed by atoms with van der Waals surface area (Å²) in [4.78, 5) is 14.2. The molecule has 1 aromatic carbocycles. The summed E-state index contributed by atoms with van der Waals surface area (Å²) in [5.74, 6) is -0.218. The van der Waals surface area contributed by atoms with E-state index in [9.17, 15) is 9.18 Å². The van der Waals surface area contributed by atoms with Gasteiger partial charge in [0.25, 0.3) is 0 Å². The van der Waals surface area contributed by atoms with E-state index in [2.05, 4.69) is 5.32 Å². The second-order valence-corrected chi connectivity index (χ2v) is 5.54. The predicted molar refractivity (Wildman–Crippen MR) is 74.8 cm³/mol. The van der Waals surface area contributed by atoms with Gasteiger partial charge in [-0.05, 0) is 38.6 Å². The molecule has 1 saturated heterocycles. The van der Waals surface area contributed by atoms with Crippen molar-refractivity contribution < 1.29 is 13.9 Å². The Balaban J connectivity index is 2.09. The zero-order chi connectivity index (χ0) is 14.8. The molecule has 1 N–H and O–H groups in total. The summed E-state index contributed by atoms with van der Waals surface area (Å²) in [7, 11) is 1.77. The first-order valence-corrected chi connectivity index (χ1v) is 6.79. The highest BCUT2D eigenvalue weighted by molar-refractivity contribution is 5.85. The molecule has 0 saturated carbocycles. The van der Waals surface area contributed by atoms with Crippen LogP contribution in [0.5, 0.6) is 0 Å². The maximum atomic E-state index is 12.9. The van der Waals surface area contributed by atoms with Crippen LogP contribution in [0.4, 0.5) is 4.39 Å². The summed E-state index contributed by atoms with van der Waals surface area (Å²) >= 11 is 0. The fourth-order valence-corrected chi connectivity index (χ4v) is 2.22. The molecule has 0 bridgehead atoms. The topological polar surface area (TPSA) is 41.6 Å². The van der Waals surface area contributed by atoms with Crippen LogP contribution in [-0.2, 0) is 9.53 Å². The Kier molecular flexibility index (Phi) is 4.40. The van der Waals surface area contributed by atoms with Crippen LogP contribution in [0.2, 0.25) is 0 Å². The third-order valence-corrected chi connectivity index (χ3v) is 3.76. The van der Waals surface area contributed by atoms with E-state index in [1.165, 1.54) is 12.1 Å². The minimum Gasteiger partial charge on any atom is -0.370 e. The first kappa shape index (κ1) is 14.9. The van der Waals surface area contributed by atoms with Gasteiger partial charge in [0.05, 0.1) is 18.7 Å². The van der Waals surface area contributed by atoms with E-state index in [4.69, 9.17) is 4.74 Å². The van der Waals surface area contributed by atoms with Gasteiger partial charge in [0, 0.05) is 6.54 Å². The molecule has 5 heteroatoms. The Labute approximate surface area is 118 Å². The molecule has 20 heavy (non-hydrogen) atoms. The van der Waals surface area contributed by atoms with Gasteiger partial charge >= 0.3 is 0 Å². The monoisotopic (exact) mass is 280 g/mol. The second-order valence-electron chi connectivity index (χ2n) is 5.54. The molecule has 1 aliphatic rings. The maximum absolute atomic E-state index is 12.9. The number of rotatable bonds is 3. The number of hydrogen-bond donors (Lipinski definition) is 1. The van der Waals surface area contributed by atoms with Gasteiger partial charge in [-0.1, -0.05) is 12.1 Å². The lowest BCUT2D eigenvalue weighted by Gasteiger charge is -2.37. The van der Waals surface area contributed by atoms with E-state index in [0.717, 1.165) is 5.56 Å². The van der Waals surface area contributed by atoms with Gasteiger partial charge in [0.2, 0.25) is 5.91 Å². The lowest BCUT2D eigenvalue weighted by atomic mass is 10.0. The molecule has 0 aliphatic carbocycles. The predicted octanol–water partition coefficient (Wildman–Crippen LogP) is 1.72. The number of nitrogens with one attached hydrogen (secondary N) is 1. The van der Waals surface area contributed by atoms with Crippen LogP contribution in [-0.4, -0.2) is 43.1 Å². The van der Waals surface area contributed by atoms with Crippen LogP contribution in [0.3, 0.4) is 0 Å². The summed E-state index contributed by atoms with van der Waals surface area (Å²) in [6.45, 7) is 5.29. The minimum atomic E-state index is -0.593. The molecule has 0 spiro atoms. The van der Waals surface area contributed by atoms with Crippen molar-refractivity contribution in [2.24, 2.45) is 0 Å². The Bertz CT molecular complexity index is 473. The summed E-state index contributed by atoms with van der Waals surface area (Å²) < 4.78 is 18.6. The van der Waals surface area contributed by atoms with Crippen molar-refractivity contribution in [1.29, 1.82) is 0 Å². The highest BCUT2D eigenvalue weighted by atomic mass is 19.1. The number of hydrogen-bond acceptors (Lipinski definition) is 3. The summed E-state index contributed by atoms with van der Waals surface area (Å²) in [5.41, 5.74) is 0.302.